The van der Waals surface area contributed by atoms with Crippen LogP contribution in [-0.4, -0.2) is 39.0 Å². The van der Waals surface area contributed by atoms with Gasteiger partial charge in [-0.3, -0.25) is 9.78 Å². The average molecular weight is 341 g/mol. The lowest BCUT2D eigenvalue weighted by Gasteiger charge is -2.37. The molecule has 1 fully saturated rings. The van der Waals surface area contributed by atoms with Crippen LogP contribution in [-0.2, 0) is 0 Å². The van der Waals surface area contributed by atoms with E-state index >= 15 is 0 Å². The van der Waals surface area contributed by atoms with E-state index in [0.29, 0.717) is 35.4 Å². The Morgan fingerprint density at radius 2 is 2.04 bits per heavy atom. The zero-order chi connectivity index (χ0) is 16.5. The Hall–Kier alpha value is -2.73. The SMILES string of the molecule is O=C(c1ccccc1Cl)N1CC(c2nc(-c3cccnc3)no2)C1. The number of amides is 1. The van der Waals surface area contributed by atoms with Crippen LogP contribution in [0.4, 0.5) is 0 Å². The summed E-state index contributed by atoms with van der Waals surface area (Å²) in [5.41, 5.74) is 1.31. The number of likely N-dealkylation sites (tertiary alicyclic amines) is 1. The number of carbonyl (C=O) groups excluding carboxylic acids is 1. The molecule has 0 atom stereocenters. The van der Waals surface area contributed by atoms with Crippen molar-refractivity contribution in [2.75, 3.05) is 13.1 Å². The third kappa shape index (κ3) is 2.65. The van der Waals surface area contributed by atoms with Gasteiger partial charge in [0.25, 0.3) is 5.91 Å². The number of rotatable bonds is 3. The molecule has 0 aliphatic carbocycles. The second-order valence-electron chi connectivity index (χ2n) is 5.58. The van der Waals surface area contributed by atoms with Gasteiger partial charge in [-0.1, -0.05) is 28.9 Å². The van der Waals surface area contributed by atoms with Crippen LogP contribution >= 0.6 is 11.6 Å². The molecular formula is C17H13ClN4O2. The Morgan fingerprint density at radius 1 is 1.21 bits per heavy atom. The summed E-state index contributed by atoms with van der Waals surface area (Å²) >= 11 is 6.07. The first kappa shape index (κ1) is 14.8. The van der Waals surface area contributed by atoms with Crippen molar-refractivity contribution in [3.63, 3.8) is 0 Å². The van der Waals surface area contributed by atoms with Crippen molar-refractivity contribution >= 4 is 17.5 Å². The number of benzene rings is 1. The summed E-state index contributed by atoms with van der Waals surface area (Å²) in [6.07, 6.45) is 3.37. The maximum Gasteiger partial charge on any atom is 0.255 e. The maximum absolute atomic E-state index is 12.4. The largest absolute Gasteiger partial charge is 0.339 e. The molecule has 1 aromatic carbocycles. The van der Waals surface area contributed by atoms with Crippen LogP contribution < -0.4 is 0 Å². The Kier molecular flexibility index (Phi) is 3.74. The summed E-state index contributed by atoms with van der Waals surface area (Å²) in [5.74, 6) is 1.02. The number of pyridine rings is 1. The van der Waals surface area contributed by atoms with Gasteiger partial charge in [0.05, 0.1) is 16.5 Å². The Balaban J connectivity index is 1.44. The minimum atomic E-state index is -0.0798. The summed E-state index contributed by atoms with van der Waals surface area (Å²) in [6.45, 7) is 1.08. The molecular weight excluding hydrogens is 328 g/mol. The van der Waals surface area contributed by atoms with Crippen molar-refractivity contribution in [1.29, 1.82) is 0 Å². The lowest BCUT2D eigenvalue weighted by atomic mass is 9.98. The average Bonchev–Trinajstić information content (AvgIpc) is 3.04. The third-order valence-corrected chi connectivity index (χ3v) is 4.31. The van der Waals surface area contributed by atoms with Crippen molar-refractivity contribution in [3.05, 3.63) is 65.3 Å². The Bertz CT molecular complexity index is 875. The molecule has 6 nitrogen and oxygen atoms in total. The molecule has 2 aromatic heterocycles. The van der Waals surface area contributed by atoms with Gasteiger partial charge in [0.15, 0.2) is 0 Å². The molecule has 0 bridgehead atoms. The predicted molar refractivity (Wildman–Crippen MR) is 87.6 cm³/mol. The van der Waals surface area contributed by atoms with Gasteiger partial charge in [0, 0.05) is 31.0 Å². The van der Waals surface area contributed by atoms with Gasteiger partial charge in [-0.15, -0.1) is 0 Å². The number of aromatic nitrogens is 3. The molecule has 0 unspecified atom stereocenters. The zero-order valence-corrected chi connectivity index (χ0v) is 13.3. The van der Waals surface area contributed by atoms with E-state index < -0.39 is 0 Å². The number of carbonyl (C=O) groups is 1. The van der Waals surface area contributed by atoms with Crippen molar-refractivity contribution in [3.8, 4) is 11.4 Å². The van der Waals surface area contributed by atoms with E-state index in [2.05, 4.69) is 15.1 Å². The molecule has 0 spiro atoms. The first-order valence-corrected chi connectivity index (χ1v) is 7.88. The molecule has 3 aromatic rings. The highest BCUT2D eigenvalue weighted by Gasteiger charge is 2.36. The van der Waals surface area contributed by atoms with E-state index in [9.17, 15) is 4.79 Å². The fourth-order valence-electron chi connectivity index (χ4n) is 2.62. The first-order valence-electron chi connectivity index (χ1n) is 7.50. The lowest BCUT2D eigenvalue weighted by molar-refractivity contribution is 0.0569. The number of halogens is 1. The highest BCUT2D eigenvalue weighted by molar-refractivity contribution is 6.33. The molecule has 0 N–H and O–H groups in total. The Morgan fingerprint density at radius 3 is 2.79 bits per heavy atom. The fraction of sp³-hybridized carbons (Fsp3) is 0.176. The molecule has 1 aliphatic rings. The molecule has 7 heteroatoms. The second kappa shape index (κ2) is 6.05. The van der Waals surface area contributed by atoms with E-state index in [4.69, 9.17) is 16.1 Å². The van der Waals surface area contributed by atoms with E-state index in [-0.39, 0.29) is 11.8 Å². The van der Waals surface area contributed by atoms with Crippen molar-refractivity contribution in [2.24, 2.45) is 0 Å². The van der Waals surface area contributed by atoms with Crippen LogP contribution in [0, 0.1) is 0 Å². The van der Waals surface area contributed by atoms with Gasteiger partial charge in [0.1, 0.15) is 0 Å². The summed E-state index contributed by atoms with van der Waals surface area (Å²) in [4.78, 5) is 22.6. The predicted octanol–water partition coefficient (Wildman–Crippen LogP) is 3.02. The van der Waals surface area contributed by atoms with E-state index in [0.717, 1.165) is 5.56 Å². The lowest BCUT2D eigenvalue weighted by Crippen LogP contribution is -2.48. The summed E-state index contributed by atoms with van der Waals surface area (Å²) in [7, 11) is 0. The van der Waals surface area contributed by atoms with Gasteiger partial charge in [-0.05, 0) is 24.3 Å². The van der Waals surface area contributed by atoms with Crippen molar-refractivity contribution in [1.82, 2.24) is 20.0 Å². The molecule has 120 valence electrons. The monoisotopic (exact) mass is 340 g/mol. The maximum atomic E-state index is 12.4. The van der Waals surface area contributed by atoms with Crippen LogP contribution in [0.25, 0.3) is 11.4 Å². The highest BCUT2D eigenvalue weighted by atomic mass is 35.5. The quantitative estimate of drug-likeness (QED) is 0.732. The van der Waals surface area contributed by atoms with Crippen LogP contribution in [0.1, 0.15) is 22.2 Å². The van der Waals surface area contributed by atoms with E-state index in [1.54, 1.807) is 41.6 Å². The highest BCUT2D eigenvalue weighted by Crippen LogP contribution is 2.29. The van der Waals surface area contributed by atoms with Crippen LogP contribution in [0.5, 0.6) is 0 Å². The molecule has 24 heavy (non-hydrogen) atoms. The molecule has 4 rings (SSSR count). The summed E-state index contributed by atoms with van der Waals surface area (Å²) in [5, 5.41) is 4.44. The summed E-state index contributed by atoms with van der Waals surface area (Å²) < 4.78 is 5.33. The van der Waals surface area contributed by atoms with Gasteiger partial charge >= 0.3 is 0 Å². The molecule has 0 saturated carbocycles. The first-order chi connectivity index (χ1) is 11.7. The van der Waals surface area contributed by atoms with Crippen LogP contribution in [0.2, 0.25) is 5.02 Å². The van der Waals surface area contributed by atoms with E-state index in [1.165, 1.54) is 0 Å². The van der Waals surface area contributed by atoms with Gasteiger partial charge in [-0.2, -0.15) is 4.98 Å². The Labute approximate surface area is 143 Å². The smallest absolute Gasteiger partial charge is 0.255 e. The number of nitrogens with zero attached hydrogens (tertiary/aromatic N) is 4. The molecule has 1 saturated heterocycles. The van der Waals surface area contributed by atoms with Crippen molar-refractivity contribution < 1.29 is 9.32 Å². The third-order valence-electron chi connectivity index (χ3n) is 3.98. The standard InChI is InChI=1S/C17H13ClN4O2/c18-14-6-2-1-5-13(14)17(23)22-9-12(10-22)16-20-15(21-24-16)11-4-3-7-19-8-11/h1-8,12H,9-10H2. The minimum absolute atomic E-state index is 0.0503. The van der Waals surface area contributed by atoms with Gasteiger partial charge in [0.2, 0.25) is 11.7 Å². The molecule has 0 radical (unpaired) electrons. The summed E-state index contributed by atoms with van der Waals surface area (Å²) in [6, 6.07) is 10.7. The normalized spacial score (nSPS) is 14.5. The van der Waals surface area contributed by atoms with Crippen LogP contribution in [0.3, 0.4) is 0 Å². The van der Waals surface area contributed by atoms with Gasteiger partial charge < -0.3 is 9.42 Å². The number of hydrogen-bond donors (Lipinski definition) is 0. The fourth-order valence-corrected chi connectivity index (χ4v) is 2.84. The molecule has 1 amide bonds. The zero-order valence-electron chi connectivity index (χ0n) is 12.6. The second-order valence-corrected chi connectivity index (χ2v) is 5.99. The molecule has 3 heterocycles. The van der Waals surface area contributed by atoms with E-state index in [1.807, 2.05) is 12.1 Å². The molecule has 1 aliphatic heterocycles. The number of hydrogen-bond acceptors (Lipinski definition) is 5. The topological polar surface area (TPSA) is 72.1 Å². The van der Waals surface area contributed by atoms with Gasteiger partial charge in [-0.25, -0.2) is 0 Å². The van der Waals surface area contributed by atoms with Crippen molar-refractivity contribution in [2.45, 2.75) is 5.92 Å². The van der Waals surface area contributed by atoms with Crippen LogP contribution in [0.15, 0.2) is 53.3 Å². The minimum Gasteiger partial charge on any atom is -0.339 e.